The monoisotopic (exact) mass is 503 g/mol. The van der Waals surface area contributed by atoms with Crippen molar-refractivity contribution in [3.63, 3.8) is 0 Å². The summed E-state index contributed by atoms with van der Waals surface area (Å²) < 4.78 is 19.4. The first-order chi connectivity index (χ1) is 17.2. The van der Waals surface area contributed by atoms with Gasteiger partial charge in [0.2, 0.25) is 0 Å². The van der Waals surface area contributed by atoms with E-state index in [9.17, 15) is 24.1 Å². The van der Waals surface area contributed by atoms with Gasteiger partial charge in [0, 0.05) is 29.4 Å². The van der Waals surface area contributed by atoms with Crippen LogP contribution in [-0.2, 0) is 0 Å². The van der Waals surface area contributed by atoms with Crippen LogP contribution in [0.4, 0.5) is 10.1 Å². The van der Waals surface area contributed by atoms with Crippen molar-refractivity contribution in [1.29, 1.82) is 0 Å². The predicted molar refractivity (Wildman–Crippen MR) is 143 cm³/mol. The molecule has 0 bridgehead atoms. The molecule has 0 spiro atoms. The number of carbonyl (C=O) groups excluding carboxylic acids is 2. The maximum Gasteiger partial charge on any atom is 0.280 e. The molecule has 7 heteroatoms. The molecule has 1 aromatic heterocycles. The lowest BCUT2D eigenvalue weighted by Gasteiger charge is -2.08. The highest BCUT2D eigenvalue weighted by Crippen LogP contribution is 2.41. The molecule has 0 saturated heterocycles. The minimum absolute atomic E-state index is 0. The SMILES string of the molecule is C.CCC(=O)c1c(-c2ccc(F)cc2)oc2cc([N+](=O)[O-])c(-c3cccc(C(=O)CCC(C)C)c3)cc12. The number of nitro benzene ring substituents is 1. The Morgan fingerprint density at radius 2 is 1.70 bits per heavy atom. The number of rotatable bonds is 9. The third-order valence-corrected chi connectivity index (χ3v) is 6.15. The number of nitro groups is 1. The molecule has 0 saturated carbocycles. The Bertz CT molecular complexity index is 1470. The van der Waals surface area contributed by atoms with Gasteiger partial charge in [0.15, 0.2) is 11.6 Å². The lowest BCUT2D eigenvalue weighted by Crippen LogP contribution is -2.02. The van der Waals surface area contributed by atoms with Crippen molar-refractivity contribution >= 4 is 28.2 Å². The topological polar surface area (TPSA) is 90.4 Å². The number of fused-ring (bicyclic) bond motifs is 1. The summed E-state index contributed by atoms with van der Waals surface area (Å²) in [4.78, 5) is 37.2. The Morgan fingerprint density at radius 1 is 1.00 bits per heavy atom. The van der Waals surface area contributed by atoms with E-state index in [4.69, 9.17) is 4.42 Å². The van der Waals surface area contributed by atoms with Gasteiger partial charge in [-0.1, -0.05) is 46.4 Å². The molecular formula is C30H30FNO5. The Morgan fingerprint density at radius 3 is 2.32 bits per heavy atom. The molecule has 0 fully saturated rings. The van der Waals surface area contributed by atoms with Crippen LogP contribution in [-0.4, -0.2) is 16.5 Å². The third kappa shape index (κ3) is 5.66. The Kier molecular flexibility index (Phi) is 8.38. The lowest BCUT2D eigenvalue weighted by atomic mass is 9.94. The highest BCUT2D eigenvalue weighted by Gasteiger charge is 2.26. The van der Waals surface area contributed by atoms with Gasteiger partial charge in [0.05, 0.1) is 22.1 Å². The van der Waals surface area contributed by atoms with Gasteiger partial charge in [-0.2, -0.15) is 0 Å². The third-order valence-electron chi connectivity index (χ3n) is 6.15. The number of hydrogen-bond acceptors (Lipinski definition) is 5. The van der Waals surface area contributed by atoms with Gasteiger partial charge >= 0.3 is 0 Å². The highest BCUT2D eigenvalue weighted by molar-refractivity contribution is 6.13. The first-order valence-electron chi connectivity index (χ1n) is 11.9. The Labute approximate surface area is 215 Å². The van der Waals surface area contributed by atoms with Crippen molar-refractivity contribution in [1.82, 2.24) is 0 Å². The molecule has 4 aromatic rings. The van der Waals surface area contributed by atoms with Crippen molar-refractivity contribution in [2.24, 2.45) is 5.92 Å². The van der Waals surface area contributed by atoms with Crippen LogP contribution in [0.3, 0.4) is 0 Å². The van der Waals surface area contributed by atoms with Gasteiger partial charge in [-0.05, 0) is 54.3 Å². The van der Waals surface area contributed by atoms with E-state index >= 15 is 0 Å². The average molecular weight is 504 g/mol. The van der Waals surface area contributed by atoms with E-state index in [1.54, 1.807) is 37.3 Å². The van der Waals surface area contributed by atoms with Gasteiger partial charge in [0.25, 0.3) is 5.69 Å². The summed E-state index contributed by atoms with van der Waals surface area (Å²) in [5.41, 5.74) is 2.02. The van der Waals surface area contributed by atoms with Crippen molar-refractivity contribution in [3.05, 3.63) is 87.7 Å². The normalized spacial score (nSPS) is 10.9. The molecular weight excluding hydrogens is 473 g/mol. The summed E-state index contributed by atoms with van der Waals surface area (Å²) in [6.07, 6.45) is 1.33. The molecule has 0 radical (unpaired) electrons. The van der Waals surface area contributed by atoms with E-state index in [0.29, 0.717) is 40.0 Å². The molecule has 3 aromatic carbocycles. The van der Waals surface area contributed by atoms with Crippen molar-refractivity contribution in [2.75, 3.05) is 0 Å². The minimum Gasteiger partial charge on any atom is -0.455 e. The van der Waals surface area contributed by atoms with Crippen molar-refractivity contribution < 1.29 is 23.3 Å². The van der Waals surface area contributed by atoms with E-state index < -0.39 is 10.7 Å². The van der Waals surface area contributed by atoms with Crippen molar-refractivity contribution in [3.8, 4) is 22.5 Å². The number of nitrogens with zero attached hydrogens (tertiary/aromatic N) is 1. The largest absolute Gasteiger partial charge is 0.455 e. The fourth-order valence-corrected chi connectivity index (χ4v) is 4.20. The molecule has 192 valence electrons. The van der Waals surface area contributed by atoms with Crippen LogP contribution in [0.5, 0.6) is 0 Å². The molecule has 37 heavy (non-hydrogen) atoms. The van der Waals surface area contributed by atoms with Gasteiger partial charge in [-0.25, -0.2) is 4.39 Å². The fraction of sp³-hybridized carbons (Fsp3) is 0.267. The zero-order chi connectivity index (χ0) is 26.0. The molecule has 0 unspecified atom stereocenters. The molecule has 0 aliphatic heterocycles. The number of hydrogen-bond donors (Lipinski definition) is 0. The van der Waals surface area contributed by atoms with Crippen molar-refractivity contribution in [2.45, 2.75) is 47.5 Å². The second kappa shape index (κ2) is 11.3. The summed E-state index contributed by atoms with van der Waals surface area (Å²) in [6, 6.07) is 15.2. The maximum atomic E-state index is 13.5. The molecule has 1 heterocycles. The number of benzene rings is 3. The van der Waals surface area contributed by atoms with Crippen LogP contribution in [0.25, 0.3) is 33.4 Å². The molecule has 0 N–H and O–H groups in total. The van der Waals surface area contributed by atoms with Gasteiger partial charge in [0.1, 0.15) is 17.2 Å². The van der Waals surface area contributed by atoms with E-state index in [1.165, 1.54) is 30.3 Å². The van der Waals surface area contributed by atoms with E-state index in [2.05, 4.69) is 0 Å². The summed E-state index contributed by atoms with van der Waals surface area (Å²) in [6.45, 7) is 5.80. The zero-order valence-electron chi connectivity index (χ0n) is 20.3. The minimum atomic E-state index is -0.510. The standard InChI is InChI=1S/C29H26FNO5.CH4/c1-4-25(32)28-23-15-22(19-6-5-7-20(14-19)26(33)13-8-17(2)3)24(31(34)35)16-27(23)36-29(28)18-9-11-21(30)12-10-18;/h5-7,9-12,14-17H,4,8,13H2,1-3H3;1H4. The van der Waals surface area contributed by atoms with E-state index in [1.807, 2.05) is 13.8 Å². The van der Waals surface area contributed by atoms with Gasteiger partial charge in [-0.3, -0.25) is 19.7 Å². The number of furan rings is 1. The summed E-state index contributed by atoms with van der Waals surface area (Å²) >= 11 is 0. The second-order valence-corrected chi connectivity index (χ2v) is 9.15. The van der Waals surface area contributed by atoms with Crippen LogP contribution in [0, 0.1) is 21.8 Å². The number of Topliss-reactive ketones (excluding diaryl/α,β-unsaturated/α-hetero) is 2. The first kappa shape index (κ1) is 27.5. The van der Waals surface area contributed by atoms with E-state index in [0.717, 1.165) is 6.42 Å². The van der Waals surface area contributed by atoms with Crippen LogP contribution in [0.15, 0.2) is 65.1 Å². The Hall–Kier alpha value is -4.13. The molecule has 0 atom stereocenters. The zero-order valence-corrected chi connectivity index (χ0v) is 20.3. The van der Waals surface area contributed by atoms with E-state index in [-0.39, 0.29) is 48.0 Å². The summed E-state index contributed by atoms with van der Waals surface area (Å²) in [7, 11) is 0. The van der Waals surface area contributed by atoms with Crippen LogP contribution in [0.1, 0.15) is 68.2 Å². The summed E-state index contributed by atoms with van der Waals surface area (Å²) in [5.74, 6) is -0.0463. The first-order valence-corrected chi connectivity index (χ1v) is 11.9. The Balaban J connectivity index is 0.00000380. The highest BCUT2D eigenvalue weighted by atomic mass is 19.1. The smallest absolute Gasteiger partial charge is 0.280 e. The molecule has 0 aliphatic rings. The molecule has 6 nitrogen and oxygen atoms in total. The molecule has 0 aliphatic carbocycles. The average Bonchev–Trinajstić information content (AvgIpc) is 3.25. The second-order valence-electron chi connectivity index (χ2n) is 9.15. The van der Waals surface area contributed by atoms with Crippen LogP contribution in [0.2, 0.25) is 0 Å². The lowest BCUT2D eigenvalue weighted by molar-refractivity contribution is -0.384. The molecule has 0 amide bonds. The fourth-order valence-electron chi connectivity index (χ4n) is 4.20. The van der Waals surface area contributed by atoms with Crippen LogP contribution >= 0.6 is 0 Å². The maximum absolute atomic E-state index is 13.5. The molecule has 4 rings (SSSR count). The number of halogens is 1. The van der Waals surface area contributed by atoms with Gasteiger partial charge in [-0.15, -0.1) is 0 Å². The quantitative estimate of drug-likeness (QED) is 0.129. The van der Waals surface area contributed by atoms with Gasteiger partial charge < -0.3 is 4.42 Å². The summed E-state index contributed by atoms with van der Waals surface area (Å²) in [5, 5.41) is 12.4. The van der Waals surface area contributed by atoms with Crippen LogP contribution < -0.4 is 0 Å². The predicted octanol–water partition coefficient (Wildman–Crippen LogP) is 8.66. The number of ketones is 2. The number of carbonyl (C=O) groups is 2.